The minimum atomic E-state index is -0.728. The number of nitrogens with one attached hydrogen (secondary N) is 1. The molecular weight excluding hydrogens is 275 g/mol. The molecule has 1 aromatic carbocycles. The van der Waals surface area contributed by atoms with Crippen molar-refractivity contribution in [3.05, 3.63) is 63.7 Å². The first-order chi connectivity index (χ1) is 9.66. The number of hydrogen-bond acceptors (Lipinski definition) is 3. The number of rotatable bonds is 3. The van der Waals surface area contributed by atoms with E-state index in [0.29, 0.717) is 11.3 Å². The van der Waals surface area contributed by atoms with Crippen LogP contribution in [-0.4, -0.2) is 15.3 Å². The van der Waals surface area contributed by atoms with E-state index < -0.39 is 6.10 Å². The first kappa shape index (κ1) is 13.0. The smallest absolute Gasteiger partial charge is 0.123 e. The summed E-state index contributed by atoms with van der Waals surface area (Å²) < 4.78 is 13.0. The van der Waals surface area contributed by atoms with Gasteiger partial charge in [-0.15, -0.1) is 11.3 Å². The molecule has 102 valence electrons. The Morgan fingerprint density at radius 3 is 2.65 bits per heavy atom. The number of aryl methyl sites for hydroxylation is 1. The quantitative estimate of drug-likeness (QED) is 0.772. The van der Waals surface area contributed by atoms with E-state index in [9.17, 15) is 9.50 Å². The molecule has 0 spiro atoms. The predicted octanol–water partition coefficient (Wildman–Crippen LogP) is 3.67. The molecule has 1 unspecified atom stereocenters. The normalized spacial score (nSPS) is 12.6. The van der Waals surface area contributed by atoms with E-state index in [4.69, 9.17) is 0 Å². The van der Waals surface area contributed by atoms with Crippen LogP contribution in [0.15, 0.2) is 41.9 Å². The maximum absolute atomic E-state index is 13.0. The molecule has 0 radical (unpaired) electrons. The first-order valence-electron chi connectivity index (χ1n) is 6.18. The molecule has 2 aromatic heterocycles. The molecule has 5 heteroatoms. The Labute approximate surface area is 119 Å². The number of halogens is 1. The Hall–Kier alpha value is -1.98. The van der Waals surface area contributed by atoms with Crippen molar-refractivity contribution in [2.75, 3.05) is 0 Å². The third-order valence-corrected chi connectivity index (χ3v) is 4.32. The van der Waals surface area contributed by atoms with Crippen molar-refractivity contribution in [3.8, 4) is 11.3 Å². The zero-order valence-electron chi connectivity index (χ0n) is 10.8. The SMILES string of the molecule is Cc1ccsc1C(O)c1cn[nH]c1-c1ccc(F)cc1. The van der Waals surface area contributed by atoms with Crippen LogP contribution in [0.5, 0.6) is 0 Å². The van der Waals surface area contributed by atoms with Crippen LogP contribution >= 0.6 is 11.3 Å². The molecule has 2 N–H and O–H groups in total. The fraction of sp³-hybridized carbons (Fsp3) is 0.133. The van der Waals surface area contributed by atoms with Crippen molar-refractivity contribution in [1.82, 2.24) is 10.2 Å². The summed E-state index contributed by atoms with van der Waals surface area (Å²) >= 11 is 1.51. The third kappa shape index (κ3) is 2.26. The first-order valence-corrected chi connectivity index (χ1v) is 7.06. The van der Waals surface area contributed by atoms with Gasteiger partial charge in [-0.1, -0.05) is 0 Å². The van der Waals surface area contributed by atoms with E-state index in [1.807, 2.05) is 18.4 Å². The standard InChI is InChI=1S/C15H13FN2OS/c1-9-6-7-20-15(9)14(19)12-8-17-18-13(12)10-2-4-11(16)5-3-10/h2-8,14,19H,1H3,(H,17,18). The lowest BCUT2D eigenvalue weighted by molar-refractivity contribution is 0.224. The van der Waals surface area contributed by atoms with Gasteiger partial charge in [0.25, 0.3) is 0 Å². The molecule has 3 nitrogen and oxygen atoms in total. The van der Waals surface area contributed by atoms with Gasteiger partial charge in [-0.3, -0.25) is 5.10 Å². The monoisotopic (exact) mass is 288 g/mol. The second-order valence-corrected chi connectivity index (χ2v) is 5.53. The Balaban J connectivity index is 2.02. The zero-order valence-corrected chi connectivity index (χ0v) is 11.6. The summed E-state index contributed by atoms with van der Waals surface area (Å²) in [5.41, 5.74) is 3.26. The van der Waals surface area contributed by atoms with Gasteiger partial charge in [0.05, 0.1) is 11.9 Å². The summed E-state index contributed by atoms with van der Waals surface area (Å²) in [4.78, 5) is 0.898. The lowest BCUT2D eigenvalue weighted by atomic mass is 10.0. The average molecular weight is 288 g/mol. The fourth-order valence-corrected chi connectivity index (χ4v) is 3.08. The number of aliphatic hydroxyl groups is 1. The van der Waals surface area contributed by atoms with Crippen molar-refractivity contribution in [3.63, 3.8) is 0 Å². The number of aliphatic hydroxyl groups excluding tert-OH is 1. The molecule has 3 aromatic rings. The molecular formula is C15H13FN2OS. The average Bonchev–Trinajstić information content (AvgIpc) is 3.07. The van der Waals surface area contributed by atoms with Crippen LogP contribution in [0.1, 0.15) is 22.1 Å². The molecule has 1 atom stereocenters. The highest BCUT2D eigenvalue weighted by atomic mass is 32.1. The third-order valence-electron chi connectivity index (χ3n) is 3.25. The summed E-state index contributed by atoms with van der Waals surface area (Å²) in [5.74, 6) is -0.288. The topological polar surface area (TPSA) is 48.9 Å². The second-order valence-electron chi connectivity index (χ2n) is 4.58. The van der Waals surface area contributed by atoms with Crippen molar-refractivity contribution in [1.29, 1.82) is 0 Å². The van der Waals surface area contributed by atoms with Gasteiger partial charge in [-0.25, -0.2) is 4.39 Å². The molecule has 0 amide bonds. The van der Waals surface area contributed by atoms with Gasteiger partial charge >= 0.3 is 0 Å². The maximum Gasteiger partial charge on any atom is 0.123 e. The number of aromatic nitrogens is 2. The van der Waals surface area contributed by atoms with Crippen LogP contribution in [0, 0.1) is 12.7 Å². The fourth-order valence-electron chi connectivity index (χ4n) is 2.16. The lowest BCUT2D eigenvalue weighted by Crippen LogP contribution is -1.99. The van der Waals surface area contributed by atoms with Crippen LogP contribution in [0.4, 0.5) is 4.39 Å². The van der Waals surface area contributed by atoms with Crippen LogP contribution in [-0.2, 0) is 0 Å². The summed E-state index contributed by atoms with van der Waals surface area (Å²) in [6, 6.07) is 8.09. The number of thiophene rings is 1. The van der Waals surface area contributed by atoms with E-state index in [2.05, 4.69) is 10.2 Å². The van der Waals surface area contributed by atoms with Crippen LogP contribution in [0.3, 0.4) is 0 Å². The molecule has 0 aliphatic carbocycles. The van der Waals surface area contributed by atoms with Gasteiger partial charge in [0, 0.05) is 16.0 Å². The van der Waals surface area contributed by atoms with Crippen molar-refractivity contribution in [2.45, 2.75) is 13.0 Å². The number of aromatic amines is 1. The molecule has 0 saturated carbocycles. The van der Waals surface area contributed by atoms with E-state index in [1.165, 1.54) is 23.5 Å². The Bertz CT molecular complexity index is 718. The van der Waals surface area contributed by atoms with Gasteiger partial charge in [0.15, 0.2) is 0 Å². The van der Waals surface area contributed by atoms with Gasteiger partial charge in [0.2, 0.25) is 0 Å². The summed E-state index contributed by atoms with van der Waals surface area (Å²) in [6.45, 7) is 1.96. The maximum atomic E-state index is 13.0. The Morgan fingerprint density at radius 2 is 2.00 bits per heavy atom. The molecule has 0 fully saturated rings. The van der Waals surface area contributed by atoms with Gasteiger partial charge in [-0.2, -0.15) is 5.10 Å². The van der Waals surface area contributed by atoms with E-state index >= 15 is 0 Å². The van der Waals surface area contributed by atoms with Crippen LogP contribution in [0.25, 0.3) is 11.3 Å². The van der Waals surface area contributed by atoms with Crippen LogP contribution < -0.4 is 0 Å². The molecule has 0 aliphatic heterocycles. The largest absolute Gasteiger partial charge is 0.383 e. The molecule has 2 heterocycles. The summed E-state index contributed by atoms with van der Waals surface area (Å²) in [5, 5.41) is 19.4. The van der Waals surface area contributed by atoms with Crippen molar-refractivity contribution < 1.29 is 9.50 Å². The van der Waals surface area contributed by atoms with E-state index in [-0.39, 0.29) is 5.82 Å². The Morgan fingerprint density at radius 1 is 1.25 bits per heavy atom. The van der Waals surface area contributed by atoms with Crippen LogP contribution in [0.2, 0.25) is 0 Å². The van der Waals surface area contributed by atoms with Gasteiger partial charge in [0.1, 0.15) is 11.9 Å². The highest BCUT2D eigenvalue weighted by Gasteiger charge is 2.20. The number of nitrogens with zero attached hydrogens (tertiary/aromatic N) is 1. The lowest BCUT2D eigenvalue weighted by Gasteiger charge is -2.11. The molecule has 0 bridgehead atoms. The predicted molar refractivity (Wildman–Crippen MR) is 77.1 cm³/mol. The number of hydrogen-bond donors (Lipinski definition) is 2. The number of benzene rings is 1. The van der Waals surface area contributed by atoms with Crippen molar-refractivity contribution >= 4 is 11.3 Å². The highest BCUT2D eigenvalue weighted by Crippen LogP contribution is 2.34. The second kappa shape index (κ2) is 5.19. The molecule has 0 aliphatic rings. The van der Waals surface area contributed by atoms with Crippen molar-refractivity contribution in [2.24, 2.45) is 0 Å². The minimum absolute atomic E-state index is 0.288. The Kier molecular flexibility index (Phi) is 3.38. The zero-order chi connectivity index (χ0) is 14.1. The van der Waals surface area contributed by atoms with E-state index in [1.54, 1.807) is 18.3 Å². The highest BCUT2D eigenvalue weighted by molar-refractivity contribution is 7.10. The molecule has 20 heavy (non-hydrogen) atoms. The minimum Gasteiger partial charge on any atom is -0.383 e. The van der Waals surface area contributed by atoms with Gasteiger partial charge < -0.3 is 5.11 Å². The number of H-pyrrole nitrogens is 1. The molecule has 0 saturated heterocycles. The summed E-state index contributed by atoms with van der Waals surface area (Å²) in [6.07, 6.45) is 0.886. The van der Waals surface area contributed by atoms with Gasteiger partial charge in [-0.05, 0) is 48.2 Å². The summed E-state index contributed by atoms with van der Waals surface area (Å²) in [7, 11) is 0. The van der Waals surface area contributed by atoms with E-state index in [0.717, 1.165) is 16.0 Å². The molecule has 3 rings (SSSR count).